The quantitative estimate of drug-likeness (QED) is 0.560. The van der Waals surface area contributed by atoms with Crippen LogP contribution in [0.4, 0.5) is 0 Å². The van der Waals surface area contributed by atoms with Gasteiger partial charge in [-0.15, -0.1) is 0 Å². The maximum Gasteiger partial charge on any atom is 0.294 e. The fraction of sp³-hybridized carbons (Fsp3) is 0.308. The highest BCUT2D eigenvalue weighted by Gasteiger charge is 2.03. The van der Waals surface area contributed by atoms with E-state index in [1.54, 1.807) is 18.3 Å². The zero-order valence-corrected chi connectivity index (χ0v) is 9.53. The van der Waals surface area contributed by atoms with Gasteiger partial charge in [0.05, 0.1) is 0 Å². The van der Waals surface area contributed by atoms with E-state index in [1.165, 1.54) is 0 Å². The van der Waals surface area contributed by atoms with Crippen LogP contribution in [0, 0.1) is 17.8 Å². The molecule has 0 aliphatic rings. The third-order valence-corrected chi connectivity index (χ3v) is 1.87. The first-order chi connectivity index (χ1) is 7.63. The van der Waals surface area contributed by atoms with E-state index in [9.17, 15) is 4.79 Å². The maximum absolute atomic E-state index is 11.2. The van der Waals surface area contributed by atoms with Crippen LogP contribution in [0.3, 0.4) is 0 Å². The summed E-state index contributed by atoms with van der Waals surface area (Å²) in [5, 5.41) is 0. The minimum atomic E-state index is -0.424. The molecule has 1 amide bonds. The lowest BCUT2D eigenvalue weighted by Gasteiger charge is -1.95. The molecule has 3 nitrogen and oxygen atoms in total. The van der Waals surface area contributed by atoms with Crippen molar-refractivity contribution in [1.29, 1.82) is 0 Å². The number of carbonyl (C=O) groups excluding carboxylic acids is 1. The molecule has 0 aromatic carbocycles. The number of aliphatic imine (C=N–C) groups is 1. The molecule has 0 saturated carbocycles. The van der Waals surface area contributed by atoms with Crippen LogP contribution < -0.4 is 0 Å². The number of amides is 1. The molecule has 1 aromatic rings. The first kappa shape index (κ1) is 12.1. The van der Waals surface area contributed by atoms with Gasteiger partial charge in [0.1, 0.15) is 5.69 Å². The summed E-state index contributed by atoms with van der Waals surface area (Å²) in [4.78, 5) is 18.4. The van der Waals surface area contributed by atoms with Gasteiger partial charge in [0.2, 0.25) is 0 Å². The molecule has 0 spiro atoms. The molecule has 0 aliphatic heterocycles. The summed E-state index contributed by atoms with van der Waals surface area (Å²) in [5.74, 6) is 6.16. The Bertz CT molecular complexity index is 452. The highest BCUT2D eigenvalue weighted by molar-refractivity contribution is 5.95. The van der Waals surface area contributed by atoms with Crippen molar-refractivity contribution in [2.75, 3.05) is 0 Å². The predicted molar refractivity (Wildman–Crippen MR) is 64.4 cm³/mol. The van der Waals surface area contributed by atoms with Gasteiger partial charge in [-0.1, -0.05) is 25.7 Å². The maximum atomic E-state index is 11.2. The number of rotatable bonds is 2. The fourth-order valence-corrected chi connectivity index (χ4v) is 1.06. The first-order valence-electron chi connectivity index (χ1n) is 5.09. The minimum Gasteiger partial charge on any atom is -0.265 e. The molecule has 16 heavy (non-hydrogen) atoms. The molecule has 1 aromatic heterocycles. The van der Waals surface area contributed by atoms with Crippen molar-refractivity contribution >= 4 is 12.6 Å². The SMILES string of the molecule is C=NC(=O)c1cc(C#CCC(C)C)ccn1. The molecule has 0 fully saturated rings. The van der Waals surface area contributed by atoms with Gasteiger partial charge in [0.15, 0.2) is 0 Å². The summed E-state index contributed by atoms with van der Waals surface area (Å²) in [6, 6.07) is 3.40. The van der Waals surface area contributed by atoms with Gasteiger partial charge in [-0.05, 0) is 24.8 Å². The van der Waals surface area contributed by atoms with Gasteiger partial charge < -0.3 is 0 Å². The molecule has 82 valence electrons. The second-order valence-electron chi connectivity index (χ2n) is 3.79. The largest absolute Gasteiger partial charge is 0.294 e. The number of carbonyl (C=O) groups is 1. The Balaban J connectivity index is 2.85. The van der Waals surface area contributed by atoms with Crippen molar-refractivity contribution in [3.05, 3.63) is 29.6 Å². The fourth-order valence-electron chi connectivity index (χ4n) is 1.06. The third kappa shape index (κ3) is 3.66. The Hall–Kier alpha value is -1.95. The lowest BCUT2D eigenvalue weighted by atomic mass is 10.1. The summed E-state index contributed by atoms with van der Waals surface area (Å²) < 4.78 is 0. The monoisotopic (exact) mass is 214 g/mol. The highest BCUT2D eigenvalue weighted by Crippen LogP contribution is 2.03. The van der Waals surface area contributed by atoms with Crippen LogP contribution in [0.1, 0.15) is 36.3 Å². The van der Waals surface area contributed by atoms with E-state index in [-0.39, 0.29) is 5.69 Å². The molecule has 0 atom stereocenters. The van der Waals surface area contributed by atoms with E-state index in [1.807, 2.05) is 0 Å². The molecule has 0 unspecified atom stereocenters. The number of hydrogen-bond acceptors (Lipinski definition) is 2. The van der Waals surface area contributed by atoms with Crippen LogP contribution in [-0.4, -0.2) is 17.6 Å². The standard InChI is InChI=1S/C13H14N2O/c1-10(2)5-4-6-11-7-8-15-12(9-11)13(16)14-3/h7-10H,3,5H2,1-2H3. The Morgan fingerprint density at radius 3 is 3.00 bits per heavy atom. The van der Waals surface area contributed by atoms with Gasteiger partial charge in [-0.25, -0.2) is 4.99 Å². The second-order valence-corrected chi connectivity index (χ2v) is 3.79. The van der Waals surface area contributed by atoms with Gasteiger partial charge >= 0.3 is 0 Å². The van der Waals surface area contributed by atoms with Gasteiger partial charge in [-0.3, -0.25) is 9.78 Å². The number of hydrogen-bond donors (Lipinski definition) is 0. The Kier molecular flexibility index (Phi) is 4.41. The molecule has 1 heterocycles. The van der Waals surface area contributed by atoms with E-state index in [4.69, 9.17) is 0 Å². The van der Waals surface area contributed by atoms with E-state index < -0.39 is 5.91 Å². The first-order valence-corrected chi connectivity index (χ1v) is 5.09. The van der Waals surface area contributed by atoms with Crippen LogP contribution in [-0.2, 0) is 0 Å². The lowest BCUT2D eigenvalue weighted by molar-refractivity contribution is 0.0999. The summed E-state index contributed by atoms with van der Waals surface area (Å²) in [6.07, 6.45) is 2.39. The second kappa shape index (κ2) is 5.82. The average Bonchev–Trinajstić information content (AvgIpc) is 2.28. The normalized spacial score (nSPS) is 9.44. The molecule has 1 rings (SSSR count). The zero-order valence-electron chi connectivity index (χ0n) is 9.53. The molecule has 3 heteroatoms. The smallest absolute Gasteiger partial charge is 0.265 e. The average molecular weight is 214 g/mol. The van der Waals surface area contributed by atoms with Crippen LogP contribution in [0.2, 0.25) is 0 Å². The van der Waals surface area contributed by atoms with E-state index in [2.05, 4.69) is 42.4 Å². The van der Waals surface area contributed by atoms with Crippen LogP contribution >= 0.6 is 0 Å². The minimum absolute atomic E-state index is 0.284. The van der Waals surface area contributed by atoms with Crippen LogP contribution in [0.15, 0.2) is 23.3 Å². The predicted octanol–water partition coefficient (Wildman–Crippen LogP) is 2.32. The van der Waals surface area contributed by atoms with Gasteiger partial charge in [-0.2, -0.15) is 0 Å². The molecule has 0 radical (unpaired) electrons. The molecular formula is C13H14N2O. The van der Waals surface area contributed by atoms with E-state index in [0.29, 0.717) is 5.92 Å². The molecule has 0 bridgehead atoms. The van der Waals surface area contributed by atoms with Crippen molar-refractivity contribution in [3.63, 3.8) is 0 Å². The summed E-state index contributed by atoms with van der Waals surface area (Å²) in [7, 11) is 0. The summed E-state index contributed by atoms with van der Waals surface area (Å²) >= 11 is 0. The third-order valence-electron chi connectivity index (χ3n) is 1.87. The topological polar surface area (TPSA) is 42.3 Å². The molecular weight excluding hydrogens is 200 g/mol. The molecule has 0 aliphatic carbocycles. The van der Waals surface area contributed by atoms with Crippen molar-refractivity contribution in [1.82, 2.24) is 4.98 Å². The Morgan fingerprint density at radius 1 is 1.62 bits per heavy atom. The Morgan fingerprint density at radius 2 is 2.38 bits per heavy atom. The van der Waals surface area contributed by atoms with Gasteiger partial charge in [0.25, 0.3) is 5.91 Å². The van der Waals surface area contributed by atoms with Crippen LogP contribution in [0.25, 0.3) is 0 Å². The van der Waals surface area contributed by atoms with Crippen molar-refractivity contribution in [3.8, 4) is 11.8 Å². The van der Waals surface area contributed by atoms with E-state index >= 15 is 0 Å². The van der Waals surface area contributed by atoms with Crippen molar-refractivity contribution in [2.24, 2.45) is 10.9 Å². The summed E-state index contributed by atoms with van der Waals surface area (Å²) in [5.41, 5.74) is 1.06. The lowest BCUT2D eigenvalue weighted by Crippen LogP contribution is -1.97. The van der Waals surface area contributed by atoms with Gasteiger partial charge in [0, 0.05) is 18.2 Å². The van der Waals surface area contributed by atoms with Crippen LogP contribution in [0.5, 0.6) is 0 Å². The number of aromatic nitrogens is 1. The molecule has 0 N–H and O–H groups in total. The number of pyridine rings is 1. The molecule has 0 saturated heterocycles. The van der Waals surface area contributed by atoms with Crippen molar-refractivity contribution in [2.45, 2.75) is 20.3 Å². The van der Waals surface area contributed by atoms with Crippen molar-refractivity contribution < 1.29 is 4.79 Å². The zero-order chi connectivity index (χ0) is 12.0. The van der Waals surface area contributed by atoms with E-state index in [0.717, 1.165) is 12.0 Å². The number of nitrogens with zero attached hydrogens (tertiary/aromatic N) is 2. The highest BCUT2D eigenvalue weighted by atomic mass is 16.1. The summed E-state index contributed by atoms with van der Waals surface area (Å²) in [6.45, 7) is 7.39. The Labute approximate surface area is 95.6 Å².